The molecule has 2 aliphatic rings. The fourth-order valence-electron chi connectivity index (χ4n) is 8.30. The highest BCUT2D eigenvalue weighted by atomic mass is 16.6. The van der Waals surface area contributed by atoms with Crippen LogP contribution in [-0.2, 0) is 27.2 Å². The number of pyridine rings is 1. The van der Waals surface area contributed by atoms with Gasteiger partial charge in [0, 0.05) is 63.3 Å². The van der Waals surface area contributed by atoms with Crippen molar-refractivity contribution in [3.05, 3.63) is 130 Å². The number of carbonyl (C=O) groups is 2. The Hall–Kier alpha value is -5.53. The molecule has 1 saturated heterocycles. The van der Waals surface area contributed by atoms with E-state index < -0.39 is 12.2 Å². The molecule has 2 fully saturated rings. The number of hydrogen-bond donors (Lipinski definition) is 5. The Balaban J connectivity index is 0.743. The van der Waals surface area contributed by atoms with E-state index in [-0.39, 0.29) is 36.3 Å². The molecular formula is C46H53N5O7. The van der Waals surface area contributed by atoms with Crippen molar-refractivity contribution in [2.45, 2.75) is 44.4 Å². The molecule has 0 bridgehead atoms. The maximum absolute atomic E-state index is 12.9. The van der Waals surface area contributed by atoms with E-state index in [9.17, 15) is 24.6 Å². The molecule has 1 unspecified atom stereocenters. The third kappa shape index (κ3) is 10.5. The van der Waals surface area contributed by atoms with Crippen molar-refractivity contribution < 1.29 is 29.3 Å². The number of aliphatic hydroxyl groups excluding tert-OH is 1. The Morgan fingerprint density at radius 2 is 1.62 bits per heavy atom. The van der Waals surface area contributed by atoms with Crippen LogP contribution in [0.25, 0.3) is 22.0 Å². The largest absolute Gasteiger partial charge is 0.506 e. The van der Waals surface area contributed by atoms with Crippen LogP contribution in [0.1, 0.15) is 42.1 Å². The number of carbonyl (C=O) groups excluding carboxylic acids is 2. The number of benzene rings is 4. The second kappa shape index (κ2) is 19.3. The molecule has 4 aromatic carbocycles. The van der Waals surface area contributed by atoms with Gasteiger partial charge in [-0.25, -0.2) is 4.79 Å². The molecule has 58 heavy (non-hydrogen) atoms. The first-order chi connectivity index (χ1) is 28.2. The Labute approximate surface area is 338 Å². The van der Waals surface area contributed by atoms with Crippen LogP contribution in [0.2, 0.25) is 0 Å². The molecule has 0 spiro atoms. The van der Waals surface area contributed by atoms with E-state index >= 15 is 0 Å². The van der Waals surface area contributed by atoms with Gasteiger partial charge in [-0.1, -0.05) is 78.9 Å². The zero-order chi connectivity index (χ0) is 40.4. The van der Waals surface area contributed by atoms with E-state index in [0.29, 0.717) is 54.6 Å². The van der Waals surface area contributed by atoms with Gasteiger partial charge >= 0.3 is 6.09 Å². The summed E-state index contributed by atoms with van der Waals surface area (Å²) >= 11 is 0. The summed E-state index contributed by atoms with van der Waals surface area (Å²) < 4.78 is 11.7. The van der Waals surface area contributed by atoms with E-state index in [1.165, 1.54) is 23.3 Å². The number of aliphatic hydroxyl groups is 1. The summed E-state index contributed by atoms with van der Waals surface area (Å²) in [7, 11) is 1.75. The van der Waals surface area contributed by atoms with Gasteiger partial charge in [-0.15, -0.1) is 0 Å². The van der Waals surface area contributed by atoms with Crippen molar-refractivity contribution in [2.24, 2.45) is 11.8 Å². The van der Waals surface area contributed by atoms with Crippen LogP contribution >= 0.6 is 0 Å². The minimum atomic E-state index is -0.862. The van der Waals surface area contributed by atoms with Crippen LogP contribution in [-0.4, -0.2) is 96.1 Å². The van der Waals surface area contributed by atoms with Crippen molar-refractivity contribution in [1.29, 1.82) is 0 Å². The standard InChI is InChI=1S/C46H53N5O7/c1-50(22-21-47-27-42(53)38-15-17-41(52)45-39(38)16-18-43(54)49-45)44(55)20-24-57-23-19-31-11-13-32(14-12-31)28-51-29-34-25-36(26-35(34)30-51)58-46(56)48-40-10-6-5-9-37(40)33-7-3-2-4-8-33/h2-18,34-36,42,47,52-53H,19-30H2,1H3,(H,48,56)(H,49,54)/t34-,35+,36?,42-/m0/s1. The van der Waals surface area contributed by atoms with Gasteiger partial charge in [0.2, 0.25) is 11.5 Å². The highest BCUT2D eigenvalue weighted by molar-refractivity contribution is 5.91. The number of likely N-dealkylation sites (N-methyl/N-ethyl adjacent to an activating group) is 1. The topological polar surface area (TPSA) is 156 Å². The van der Waals surface area contributed by atoms with Crippen molar-refractivity contribution in [2.75, 3.05) is 58.3 Å². The fourth-order valence-corrected chi connectivity index (χ4v) is 8.30. The molecule has 4 atom stereocenters. The first kappa shape index (κ1) is 40.7. The van der Waals surface area contributed by atoms with Gasteiger partial charge < -0.3 is 34.9 Å². The molecule has 2 amide bonds. The smallest absolute Gasteiger partial charge is 0.411 e. The summed E-state index contributed by atoms with van der Waals surface area (Å²) in [4.78, 5) is 44.0. The number of phenols is 1. The SMILES string of the molecule is CN(CCNC[C@H](O)c1ccc(O)c2[nH]c(=O)ccc12)C(=O)CCOCCc1ccc(CN2C[C@H]3CC(OC(=O)Nc4ccccc4-c4ccccc4)C[C@H]3C2)cc1. The minimum Gasteiger partial charge on any atom is -0.506 e. The Kier molecular flexibility index (Phi) is 13.5. The number of fused-ring (bicyclic) bond motifs is 2. The van der Waals surface area contributed by atoms with Crippen LogP contribution in [0.5, 0.6) is 5.75 Å². The summed E-state index contributed by atoms with van der Waals surface area (Å²) in [5.74, 6) is 0.992. The van der Waals surface area contributed by atoms with E-state index in [2.05, 4.69) is 44.8 Å². The van der Waals surface area contributed by atoms with Crippen molar-refractivity contribution in [3.63, 3.8) is 0 Å². The van der Waals surface area contributed by atoms with Gasteiger partial charge in [-0.05, 0) is 71.6 Å². The van der Waals surface area contributed by atoms with Gasteiger partial charge in [-0.3, -0.25) is 19.8 Å². The molecule has 0 radical (unpaired) electrons. The van der Waals surface area contributed by atoms with Gasteiger partial charge in [0.15, 0.2) is 0 Å². The Morgan fingerprint density at radius 1 is 0.897 bits per heavy atom. The Bertz CT molecular complexity index is 2200. The number of phenolic OH excluding ortho intramolecular Hbond substituents is 1. The average Bonchev–Trinajstić information content (AvgIpc) is 3.78. The molecule has 1 aliphatic carbocycles. The molecule has 1 saturated carbocycles. The molecule has 12 nitrogen and oxygen atoms in total. The molecule has 1 aromatic heterocycles. The van der Waals surface area contributed by atoms with Crippen LogP contribution in [0.15, 0.2) is 108 Å². The summed E-state index contributed by atoms with van der Waals surface area (Å²) in [6.45, 7) is 5.01. The van der Waals surface area contributed by atoms with Gasteiger partial charge in [0.1, 0.15) is 11.9 Å². The maximum atomic E-state index is 12.9. The monoisotopic (exact) mass is 787 g/mol. The first-order valence-corrected chi connectivity index (χ1v) is 20.2. The lowest BCUT2D eigenvalue weighted by molar-refractivity contribution is -0.131. The highest BCUT2D eigenvalue weighted by Crippen LogP contribution is 2.40. The summed E-state index contributed by atoms with van der Waals surface area (Å²) in [6.07, 6.45) is 1.53. The number of para-hydroxylation sites is 1. The predicted molar refractivity (Wildman–Crippen MR) is 225 cm³/mol. The molecule has 5 aromatic rings. The van der Waals surface area contributed by atoms with Crippen LogP contribution in [0.4, 0.5) is 10.5 Å². The van der Waals surface area contributed by atoms with Crippen LogP contribution in [0.3, 0.4) is 0 Å². The summed E-state index contributed by atoms with van der Waals surface area (Å²) in [5.41, 5.74) is 5.78. The zero-order valence-corrected chi connectivity index (χ0v) is 32.9. The van der Waals surface area contributed by atoms with E-state index in [1.807, 2.05) is 54.6 Å². The lowest BCUT2D eigenvalue weighted by atomic mass is 10.0. The normalized spacial score (nSPS) is 18.2. The number of H-pyrrole nitrogens is 1. The number of likely N-dealkylation sites (tertiary alicyclic amines) is 1. The van der Waals surface area contributed by atoms with E-state index in [1.54, 1.807) is 24.1 Å². The third-order valence-corrected chi connectivity index (χ3v) is 11.4. The van der Waals surface area contributed by atoms with Gasteiger partial charge in [0.25, 0.3) is 0 Å². The molecule has 12 heteroatoms. The van der Waals surface area contributed by atoms with Crippen LogP contribution in [0, 0.1) is 11.8 Å². The third-order valence-electron chi connectivity index (χ3n) is 11.4. The van der Waals surface area contributed by atoms with Gasteiger partial charge in [-0.2, -0.15) is 0 Å². The first-order valence-electron chi connectivity index (χ1n) is 20.2. The number of nitrogens with zero attached hydrogens (tertiary/aromatic N) is 2. The van der Waals surface area contributed by atoms with Crippen molar-refractivity contribution in [3.8, 4) is 16.9 Å². The lowest BCUT2D eigenvalue weighted by Crippen LogP contribution is -2.35. The number of aromatic nitrogens is 1. The van der Waals surface area contributed by atoms with Crippen molar-refractivity contribution in [1.82, 2.24) is 20.1 Å². The van der Waals surface area contributed by atoms with Crippen LogP contribution < -0.4 is 16.2 Å². The quantitative estimate of drug-likeness (QED) is 0.0705. The highest BCUT2D eigenvalue weighted by Gasteiger charge is 2.42. The minimum absolute atomic E-state index is 0.0135. The van der Waals surface area contributed by atoms with E-state index in [0.717, 1.165) is 55.7 Å². The van der Waals surface area contributed by atoms with Crippen molar-refractivity contribution >= 4 is 28.6 Å². The summed E-state index contributed by atoms with van der Waals surface area (Å²) in [6, 6.07) is 32.5. The molecule has 2 heterocycles. The number of anilines is 1. The molecule has 7 rings (SSSR count). The maximum Gasteiger partial charge on any atom is 0.411 e. The molecule has 1 aliphatic heterocycles. The Morgan fingerprint density at radius 3 is 2.40 bits per heavy atom. The fraction of sp³-hybridized carbons (Fsp3) is 0.370. The second-order valence-corrected chi connectivity index (χ2v) is 15.5. The number of rotatable bonds is 17. The lowest BCUT2D eigenvalue weighted by Gasteiger charge is -2.20. The molecule has 304 valence electrons. The van der Waals surface area contributed by atoms with Gasteiger partial charge in [0.05, 0.1) is 36.9 Å². The number of nitrogens with one attached hydrogen (secondary N) is 3. The molecule has 5 N–H and O–H groups in total. The number of ether oxygens (including phenoxy) is 2. The number of aromatic hydroxyl groups is 1. The number of aromatic amines is 1. The number of amides is 2. The predicted octanol–water partition coefficient (Wildman–Crippen LogP) is 6.09. The summed E-state index contributed by atoms with van der Waals surface area (Å²) in [5, 5.41) is 27.6. The zero-order valence-electron chi connectivity index (χ0n) is 32.9. The second-order valence-electron chi connectivity index (χ2n) is 15.5. The number of hydrogen-bond acceptors (Lipinski definition) is 9. The average molecular weight is 788 g/mol. The molecular weight excluding hydrogens is 735 g/mol. The van der Waals surface area contributed by atoms with E-state index in [4.69, 9.17) is 9.47 Å².